The van der Waals surface area contributed by atoms with Gasteiger partial charge in [-0.25, -0.2) is 0 Å². The summed E-state index contributed by atoms with van der Waals surface area (Å²) in [6.45, 7) is 11.0. The van der Waals surface area contributed by atoms with Crippen molar-refractivity contribution in [1.82, 2.24) is 0 Å². The molecule has 23 heavy (non-hydrogen) atoms. The highest BCUT2D eigenvalue weighted by atomic mass is 28.4. The van der Waals surface area contributed by atoms with Crippen LogP contribution in [0.5, 0.6) is 0 Å². The Labute approximate surface area is 147 Å². The minimum absolute atomic E-state index is 0.912. The number of hydrogen-bond donors (Lipinski definition) is 0. The predicted octanol–water partition coefficient (Wildman–Crippen LogP) is 4.71. The molecule has 0 fully saturated rings. The van der Waals surface area contributed by atoms with E-state index in [4.69, 9.17) is 18.0 Å². The van der Waals surface area contributed by atoms with Gasteiger partial charge in [0.25, 0.3) is 0 Å². The molecule has 4 nitrogen and oxygen atoms in total. The molecule has 0 saturated heterocycles. The Bertz CT molecular complexity index is 299. The monoisotopic (exact) mass is 380 g/mol. The van der Waals surface area contributed by atoms with Crippen molar-refractivity contribution in [2.75, 3.05) is 35.0 Å². The summed E-state index contributed by atoms with van der Waals surface area (Å²) in [7, 11) is 2.33. The van der Waals surface area contributed by atoms with Crippen molar-refractivity contribution >= 4 is 25.0 Å². The number of rotatable bonds is 14. The maximum Gasteiger partial charge on any atom is 0.500 e. The topological polar surface area (TPSA) is 36.9 Å². The normalized spacial score (nSPS) is 13.6. The smallest absolute Gasteiger partial charge is 0.385 e. The molecule has 0 saturated carbocycles. The fraction of sp³-hybridized carbons (Fsp3) is 1.00. The van der Waals surface area contributed by atoms with E-state index in [1.165, 1.54) is 30.6 Å². The fourth-order valence-corrected chi connectivity index (χ4v) is 13.2. The van der Waals surface area contributed by atoms with Crippen LogP contribution in [0.4, 0.5) is 0 Å². The third-order valence-corrected chi connectivity index (χ3v) is 14.9. The van der Waals surface area contributed by atoms with Gasteiger partial charge in [-0.3, -0.25) is 0 Å². The highest BCUT2D eigenvalue weighted by Crippen LogP contribution is 2.29. The highest BCUT2D eigenvalue weighted by Gasteiger charge is 2.38. The van der Waals surface area contributed by atoms with Gasteiger partial charge in [-0.05, 0) is 6.42 Å². The van der Waals surface area contributed by atoms with Crippen LogP contribution in [0.25, 0.3) is 0 Å². The average Bonchev–Trinajstić information content (AvgIpc) is 2.51. The predicted molar refractivity (Wildman–Crippen MR) is 107 cm³/mol. The summed E-state index contributed by atoms with van der Waals surface area (Å²) in [5.74, 6) is 0. The molecule has 0 unspecified atom stereocenters. The van der Waals surface area contributed by atoms with Crippen LogP contribution in [-0.2, 0) is 18.0 Å². The molecule has 0 bridgehead atoms. The zero-order chi connectivity index (χ0) is 18.0. The van der Waals surface area contributed by atoms with Gasteiger partial charge >= 0.3 is 8.80 Å². The summed E-state index contributed by atoms with van der Waals surface area (Å²) >= 11 is 0. The lowest BCUT2D eigenvalue weighted by molar-refractivity contribution is 0.123. The van der Waals surface area contributed by atoms with E-state index in [1.807, 2.05) is 0 Å². The van der Waals surface area contributed by atoms with E-state index in [1.54, 1.807) is 28.4 Å². The summed E-state index contributed by atoms with van der Waals surface area (Å²) in [5, 5.41) is 0. The molecule has 0 aromatic carbocycles. The van der Waals surface area contributed by atoms with E-state index in [9.17, 15) is 0 Å². The molecular formula is C16H40O4Si3. The molecule has 0 aliphatic rings. The molecule has 0 aromatic rings. The van der Waals surface area contributed by atoms with Gasteiger partial charge in [-0.1, -0.05) is 56.8 Å². The second-order valence-electron chi connectivity index (χ2n) is 8.07. The molecule has 0 N–H and O–H groups in total. The van der Waals surface area contributed by atoms with Gasteiger partial charge in [-0.15, -0.1) is 0 Å². The van der Waals surface area contributed by atoms with E-state index in [-0.39, 0.29) is 0 Å². The lowest BCUT2D eigenvalue weighted by atomic mass is 10.5. The van der Waals surface area contributed by atoms with Gasteiger partial charge < -0.3 is 18.0 Å². The maximum atomic E-state index is 5.53. The zero-order valence-electron chi connectivity index (χ0n) is 16.8. The first-order valence-electron chi connectivity index (χ1n) is 8.80. The van der Waals surface area contributed by atoms with Crippen LogP contribution in [0.1, 0.15) is 12.8 Å². The Kier molecular flexibility index (Phi) is 11.4. The van der Waals surface area contributed by atoms with E-state index in [0.29, 0.717) is 0 Å². The van der Waals surface area contributed by atoms with Crippen molar-refractivity contribution in [1.29, 1.82) is 0 Å². The molecule has 140 valence electrons. The Morgan fingerprint density at radius 1 is 0.565 bits per heavy atom. The van der Waals surface area contributed by atoms with Crippen molar-refractivity contribution in [3.05, 3.63) is 0 Å². The SMILES string of the molecule is COCCC[Si](C)(C)CC[Si](C)(C)CCC[Si](OC)(OC)OC. The van der Waals surface area contributed by atoms with E-state index in [0.717, 1.165) is 19.1 Å². The van der Waals surface area contributed by atoms with E-state index >= 15 is 0 Å². The minimum atomic E-state index is -2.38. The first-order valence-corrected chi connectivity index (χ1v) is 17.6. The molecule has 0 rings (SSSR count). The Balaban J connectivity index is 4.22. The first kappa shape index (κ1) is 23.5. The molecule has 0 aromatic heterocycles. The molecule has 0 heterocycles. The van der Waals surface area contributed by atoms with E-state index < -0.39 is 25.0 Å². The van der Waals surface area contributed by atoms with Crippen LogP contribution >= 0.6 is 0 Å². The molecular weight excluding hydrogens is 340 g/mol. The molecule has 7 heteroatoms. The molecule has 0 aliphatic heterocycles. The Morgan fingerprint density at radius 2 is 1.00 bits per heavy atom. The fourth-order valence-electron chi connectivity index (χ4n) is 2.96. The van der Waals surface area contributed by atoms with Crippen LogP contribution in [0.15, 0.2) is 0 Å². The summed E-state index contributed by atoms with van der Waals surface area (Å²) in [6, 6.07) is 6.55. The van der Waals surface area contributed by atoms with Gasteiger partial charge in [0.1, 0.15) is 0 Å². The van der Waals surface area contributed by atoms with Gasteiger partial charge in [0.15, 0.2) is 0 Å². The quantitative estimate of drug-likeness (QED) is 0.323. The largest absolute Gasteiger partial charge is 0.500 e. The Morgan fingerprint density at radius 3 is 1.39 bits per heavy atom. The second kappa shape index (κ2) is 11.2. The second-order valence-corrected chi connectivity index (χ2v) is 21.8. The molecule has 0 radical (unpaired) electrons. The standard InChI is InChI=1S/C16H40O4Si3/c1-17-11-9-12-21(5,6)15-16-22(7,8)13-10-14-23(18-2,19-3)20-4/h9-16H2,1-8H3. The highest BCUT2D eigenvalue weighted by molar-refractivity contribution is 6.82. The van der Waals surface area contributed by atoms with E-state index in [2.05, 4.69) is 26.2 Å². The third kappa shape index (κ3) is 10.2. The summed E-state index contributed by atoms with van der Waals surface area (Å²) in [5.41, 5.74) is 0. The van der Waals surface area contributed by atoms with Crippen molar-refractivity contribution in [3.63, 3.8) is 0 Å². The molecule has 0 amide bonds. The lowest BCUT2D eigenvalue weighted by Gasteiger charge is -2.30. The number of ether oxygens (including phenoxy) is 1. The molecule has 0 aliphatic carbocycles. The molecule has 0 atom stereocenters. The maximum absolute atomic E-state index is 5.53. The van der Waals surface area contributed by atoms with Crippen LogP contribution in [-0.4, -0.2) is 60.0 Å². The summed E-state index contributed by atoms with van der Waals surface area (Å²) in [6.07, 6.45) is 2.38. The van der Waals surface area contributed by atoms with Crippen molar-refractivity contribution in [2.45, 2.75) is 69.3 Å². The lowest BCUT2D eigenvalue weighted by Crippen LogP contribution is -2.43. The Hall–Kier alpha value is 0.491. The van der Waals surface area contributed by atoms with Gasteiger partial charge in [0, 0.05) is 57.2 Å². The average molecular weight is 381 g/mol. The van der Waals surface area contributed by atoms with Crippen LogP contribution < -0.4 is 0 Å². The number of hydrogen-bond acceptors (Lipinski definition) is 4. The van der Waals surface area contributed by atoms with Crippen molar-refractivity contribution in [2.24, 2.45) is 0 Å². The summed E-state index contributed by atoms with van der Waals surface area (Å²) < 4.78 is 21.8. The molecule has 0 spiro atoms. The van der Waals surface area contributed by atoms with Crippen molar-refractivity contribution in [3.8, 4) is 0 Å². The zero-order valence-corrected chi connectivity index (χ0v) is 19.8. The van der Waals surface area contributed by atoms with Crippen LogP contribution in [0, 0.1) is 0 Å². The van der Waals surface area contributed by atoms with Gasteiger partial charge in [-0.2, -0.15) is 0 Å². The first-order chi connectivity index (χ1) is 10.7. The van der Waals surface area contributed by atoms with Gasteiger partial charge in [0.2, 0.25) is 0 Å². The summed E-state index contributed by atoms with van der Waals surface area (Å²) in [4.78, 5) is 0. The van der Waals surface area contributed by atoms with Crippen molar-refractivity contribution < 1.29 is 18.0 Å². The third-order valence-electron chi connectivity index (χ3n) is 4.95. The van der Waals surface area contributed by atoms with Gasteiger partial charge in [0.05, 0.1) is 0 Å². The van der Waals surface area contributed by atoms with Crippen LogP contribution in [0.2, 0.25) is 56.4 Å². The minimum Gasteiger partial charge on any atom is -0.385 e. The number of methoxy groups -OCH3 is 1. The van der Waals surface area contributed by atoms with Crippen LogP contribution in [0.3, 0.4) is 0 Å².